The zero-order valence-electron chi connectivity index (χ0n) is 15.6. The minimum Gasteiger partial charge on any atom is -0.484 e. The highest BCUT2D eigenvalue weighted by atomic mass is 19.4. The van der Waals surface area contributed by atoms with E-state index in [0.29, 0.717) is 6.42 Å². The topological polar surface area (TPSA) is 38.3 Å². The Morgan fingerprint density at radius 3 is 2.30 bits per heavy atom. The Balaban J connectivity index is 1.87. The average molecular weight is 379 g/mol. The van der Waals surface area contributed by atoms with Crippen LogP contribution in [0.1, 0.15) is 38.3 Å². The van der Waals surface area contributed by atoms with Crippen molar-refractivity contribution in [1.29, 1.82) is 0 Å². The van der Waals surface area contributed by atoms with Crippen molar-refractivity contribution in [3.63, 3.8) is 0 Å². The van der Waals surface area contributed by atoms with E-state index in [1.165, 1.54) is 17.7 Å². The lowest BCUT2D eigenvalue weighted by atomic mass is 9.79. The minimum atomic E-state index is -4.45. The first-order valence-electron chi connectivity index (χ1n) is 8.73. The number of benzene rings is 2. The zero-order valence-corrected chi connectivity index (χ0v) is 15.6. The van der Waals surface area contributed by atoms with Gasteiger partial charge in [-0.1, -0.05) is 50.2 Å². The number of carbonyl (C=O) groups is 1. The molecule has 0 fully saturated rings. The minimum absolute atomic E-state index is 0.0113. The van der Waals surface area contributed by atoms with Crippen LogP contribution in [0, 0.1) is 0 Å². The van der Waals surface area contributed by atoms with Gasteiger partial charge in [0.05, 0.1) is 5.56 Å². The smallest absolute Gasteiger partial charge is 0.416 e. The van der Waals surface area contributed by atoms with Crippen molar-refractivity contribution in [2.75, 3.05) is 6.61 Å². The predicted molar refractivity (Wildman–Crippen MR) is 98.6 cm³/mol. The Morgan fingerprint density at radius 1 is 1.04 bits per heavy atom. The molecule has 0 saturated heterocycles. The summed E-state index contributed by atoms with van der Waals surface area (Å²) in [5, 5.41) is 2.83. The average Bonchev–Trinajstić information content (AvgIpc) is 2.60. The number of hydrogen-bond donors (Lipinski definition) is 1. The second-order valence-electron chi connectivity index (χ2n) is 7.24. The fourth-order valence-electron chi connectivity index (χ4n) is 3.05. The van der Waals surface area contributed by atoms with Crippen LogP contribution in [0.25, 0.3) is 0 Å². The number of nitrogens with one attached hydrogen (secondary N) is 1. The summed E-state index contributed by atoms with van der Waals surface area (Å²) in [7, 11) is 0. The summed E-state index contributed by atoms with van der Waals surface area (Å²) in [6, 6.07) is 14.4. The van der Waals surface area contributed by atoms with E-state index >= 15 is 0 Å². The van der Waals surface area contributed by atoms with Crippen LogP contribution >= 0.6 is 0 Å². The molecule has 2 rings (SSSR count). The van der Waals surface area contributed by atoms with Crippen LogP contribution in [0.5, 0.6) is 5.75 Å². The van der Waals surface area contributed by atoms with E-state index in [-0.39, 0.29) is 29.7 Å². The Labute approximate surface area is 157 Å². The van der Waals surface area contributed by atoms with E-state index in [2.05, 4.69) is 19.2 Å². The van der Waals surface area contributed by atoms with Gasteiger partial charge in [0.2, 0.25) is 0 Å². The molecule has 0 saturated carbocycles. The van der Waals surface area contributed by atoms with E-state index in [0.717, 1.165) is 12.1 Å². The highest BCUT2D eigenvalue weighted by molar-refractivity contribution is 5.77. The summed E-state index contributed by atoms with van der Waals surface area (Å²) in [4.78, 5) is 12.1. The molecule has 0 aliphatic rings. The molecule has 0 aliphatic carbocycles. The zero-order chi connectivity index (χ0) is 20.1. The summed E-state index contributed by atoms with van der Waals surface area (Å²) in [5.74, 6) is -0.360. The van der Waals surface area contributed by atoms with Gasteiger partial charge in [-0.15, -0.1) is 0 Å². The lowest BCUT2D eigenvalue weighted by Gasteiger charge is -2.29. The second kappa shape index (κ2) is 8.46. The van der Waals surface area contributed by atoms with Crippen LogP contribution < -0.4 is 10.1 Å². The monoisotopic (exact) mass is 379 g/mol. The highest BCUT2D eigenvalue weighted by Crippen LogP contribution is 2.31. The molecule has 2 aromatic rings. The van der Waals surface area contributed by atoms with Crippen molar-refractivity contribution >= 4 is 5.91 Å². The number of carbonyl (C=O) groups excluding carboxylic acids is 1. The lowest BCUT2D eigenvalue weighted by molar-refractivity contribution is -0.137. The molecular weight excluding hydrogens is 355 g/mol. The molecule has 0 radical (unpaired) electrons. The number of rotatable bonds is 7. The van der Waals surface area contributed by atoms with Gasteiger partial charge in [-0.05, 0) is 42.5 Å². The molecule has 27 heavy (non-hydrogen) atoms. The molecule has 1 N–H and O–H groups in total. The van der Waals surface area contributed by atoms with Crippen LogP contribution in [0.15, 0.2) is 54.6 Å². The lowest BCUT2D eigenvalue weighted by Crippen LogP contribution is -2.39. The molecular formula is C21H24F3NO2. The molecule has 1 unspecified atom stereocenters. The van der Waals surface area contributed by atoms with Crippen molar-refractivity contribution in [2.45, 2.75) is 44.8 Å². The Kier molecular flexibility index (Phi) is 6.52. The quantitative estimate of drug-likeness (QED) is 0.739. The third kappa shape index (κ3) is 6.31. The van der Waals surface area contributed by atoms with E-state index in [1.807, 2.05) is 37.3 Å². The summed E-state index contributed by atoms with van der Waals surface area (Å²) >= 11 is 0. The molecule has 0 aliphatic heterocycles. The van der Waals surface area contributed by atoms with Crippen LogP contribution in [0.2, 0.25) is 0 Å². The maximum Gasteiger partial charge on any atom is 0.416 e. The predicted octanol–water partition coefficient (Wildman–Crippen LogP) is 4.96. The summed E-state index contributed by atoms with van der Waals surface area (Å²) in [5.41, 5.74) is 0.236. The third-order valence-corrected chi connectivity index (χ3v) is 4.31. The summed E-state index contributed by atoms with van der Waals surface area (Å²) in [6.45, 7) is 5.76. The van der Waals surface area contributed by atoms with Crippen molar-refractivity contribution in [3.8, 4) is 5.75 Å². The molecule has 3 nitrogen and oxygen atoms in total. The number of amides is 1. The first-order chi connectivity index (χ1) is 12.6. The number of hydrogen-bond acceptors (Lipinski definition) is 2. The van der Waals surface area contributed by atoms with Crippen LogP contribution in [0.3, 0.4) is 0 Å². The first-order valence-corrected chi connectivity index (χ1v) is 8.73. The first kappa shape index (κ1) is 20.8. The molecule has 2 aromatic carbocycles. The van der Waals surface area contributed by atoms with Gasteiger partial charge >= 0.3 is 6.18 Å². The van der Waals surface area contributed by atoms with Gasteiger partial charge in [0, 0.05) is 6.04 Å². The van der Waals surface area contributed by atoms with Gasteiger partial charge in [0.1, 0.15) is 5.75 Å². The van der Waals surface area contributed by atoms with Crippen molar-refractivity contribution in [1.82, 2.24) is 5.32 Å². The third-order valence-electron chi connectivity index (χ3n) is 4.31. The van der Waals surface area contributed by atoms with E-state index < -0.39 is 11.7 Å². The van der Waals surface area contributed by atoms with Crippen molar-refractivity contribution in [3.05, 3.63) is 65.7 Å². The molecule has 0 bridgehead atoms. The highest BCUT2D eigenvalue weighted by Gasteiger charge is 2.30. The van der Waals surface area contributed by atoms with Gasteiger partial charge < -0.3 is 10.1 Å². The molecule has 0 heterocycles. The SMILES string of the molecule is CC(CC(C)(C)c1ccccc1)NC(=O)COc1cccc(C(F)(F)F)c1. The van der Waals surface area contributed by atoms with E-state index in [9.17, 15) is 18.0 Å². The molecule has 146 valence electrons. The van der Waals surface area contributed by atoms with Gasteiger partial charge in [-0.3, -0.25) is 4.79 Å². The molecule has 1 atom stereocenters. The van der Waals surface area contributed by atoms with E-state index in [1.54, 1.807) is 0 Å². The Morgan fingerprint density at radius 2 is 1.67 bits per heavy atom. The number of alkyl halides is 3. The standard InChI is InChI=1S/C21H24F3NO2/c1-15(13-20(2,3)16-8-5-4-6-9-16)25-19(26)14-27-18-11-7-10-17(12-18)21(22,23)24/h4-12,15H,13-14H2,1-3H3,(H,25,26). The summed E-state index contributed by atoms with van der Waals surface area (Å²) in [6.07, 6.45) is -3.73. The van der Waals surface area contributed by atoms with E-state index in [4.69, 9.17) is 4.74 Å². The van der Waals surface area contributed by atoms with Gasteiger partial charge in [0.25, 0.3) is 5.91 Å². The van der Waals surface area contributed by atoms with Crippen LogP contribution in [0.4, 0.5) is 13.2 Å². The van der Waals surface area contributed by atoms with Crippen LogP contribution in [-0.4, -0.2) is 18.6 Å². The van der Waals surface area contributed by atoms with Gasteiger partial charge in [0.15, 0.2) is 6.61 Å². The fraction of sp³-hybridized carbons (Fsp3) is 0.381. The second-order valence-corrected chi connectivity index (χ2v) is 7.24. The molecule has 0 spiro atoms. The largest absolute Gasteiger partial charge is 0.484 e. The molecule has 1 amide bonds. The van der Waals surface area contributed by atoms with Crippen molar-refractivity contribution < 1.29 is 22.7 Å². The van der Waals surface area contributed by atoms with Gasteiger partial charge in [-0.2, -0.15) is 13.2 Å². The molecule has 6 heteroatoms. The van der Waals surface area contributed by atoms with Crippen LogP contribution in [-0.2, 0) is 16.4 Å². The summed E-state index contributed by atoms with van der Waals surface area (Å²) < 4.78 is 43.3. The fourth-order valence-corrected chi connectivity index (χ4v) is 3.05. The molecule has 0 aromatic heterocycles. The maximum absolute atomic E-state index is 12.7. The Hall–Kier alpha value is -2.50. The number of halogens is 3. The van der Waals surface area contributed by atoms with Crippen molar-refractivity contribution in [2.24, 2.45) is 0 Å². The Bertz CT molecular complexity index is 758. The maximum atomic E-state index is 12.7. The van der Waals surface area contributed by atoms with Gasteiger partial charge in [-0.25, -0.2) is 0 Å². The number of ether oxygens (including phenoxy) is 1. The normalized spacial score (nSPS) is 13.1.